The lowest BCUT2D eigenvalue weighted by Gasteiger charge is -2.01. The van der Waals surface area contributed by atoms with Gasteiger partial charge in [-0.15, -0.1) is 5.10 Å². The molecule has 0 radical (unpaired) electrons. The minimum atomic E-state index is 0.784. The molecule has 0 aliphatic rings. The Morgan fingerprint density at radius 3 is 2.56 bits per heavy atom. The van der Waals surface area contributed by atoms with Gasteiger partial charge >= 0.3 is 0 Å². The van der Waals surface area contributed by atoms with Crippen LogP contribution in [0.5, 0.6) is 0 Å². The van der Waals surface area contributed by atoms with E-state index in [2.05, 4.69) is 36.6 Å². The van der Waals surface area contributed by atoms with Gasteiger partial charge in [0, 0.05) is 19.8 Å². The topological polar surface area (TPSA) is 61.4 Å². The van der Waals surface area contributed by atoms with Crippen LogP contribution >= 0.6 is 27.7 Å². The smallest absolute Gasteiger partial charge is 0.209 e. The molecule has 0 spiro atoms. The molecule has 0 aliphatic heterocycles. The van der Waals surface area contributed by atoms with Crippen molar-refractivity contribution in [3.05, 3.63) is 15.9 Å². The highest BCUT2D eigenvalue weighted by molar-refractivity contribution is 9.10. The second-order valence-electron chi connectivity index (χ2n) is 3.34. The molecule has 2 rings (SSSR count). The monoisotopic (exact) mass is 302 g/mol. The summed E-state index contributed by atoms with van der Waals surface area (Å²) >= 11 is 5.11. The summed E-state index contributed by atoms with van der Waals surface area (Å²) < 4.78 is 4.58. The van der Waals surface area contributed by atoms with E-state index in [-0.39, 0.29) is 0 Å². The first-order valence-corrected chi connectivity index (χ1v) is 6.40. The summed E-state index contributed by atoms with van der Waals surface area (Å²) in [5, 5.41) is 16.4. The predicted octanol–water partition coefficient (Wildman–Crippen LogP) is 1.31. The molecule has 0 fully saturated rings. The predicted molar refractivity (Wildman–Crippen MR) is 64.0 cm³/mol. The molecule has 0 bridgehead atoms. The summed E-state index contributed by atoms with van der Waals surface area (Å²) in [6.45, 7) is 1.97. The molecule has 0 aliphatic carbocycles. The first-order chi connectivity index (χ1) is 7.59. The molecule has 0 aromatic carbocycles. The lowest BCUT2D eigenvalue weighted by molar-refractivity contribution is 0.664. The van der Waals surface area contributed by atoms with E-state index >= 15 is 0 Å². The average Bonchev–Trinajstić information content (AvgIpc) is 2.72. The number of tetrazole rings is 1. The largest absolute Gasteiger partial charge is 0.270 e. The van der Waals surface area contributed by atoms with Crippen molar-refractivity contribution < 1.29 is 0 Å². The molecule has 0 N–H and O–H groups in total. The molecule has 2 aromatic rings. The summed E-state index contributed by atoms with van der Waals surface area (Å²) in [7, 11) is 3.76. The van der Waals surface area contributed by atoms with Crippen molar-refractivity contribution in [1.29, 1.82) is 0 Å². The first-order valence-electron chi connectivity index (χ1n) is 4.62. The van der Waals surface area contributed by atoms with Gasteiger partial charge in [-0.05, 0) is 33.3 Å². The maximum absolute atomic E-state index is 4.33. The maximum Gasteiger partial charge on any atom is 0.209 e. The fourth-order valence-corrected chi connectivity index (χ4v) is 2.89. The van der Waals surface area contributed by atoms with E-state index < -0.39 is 0 Å². The molecule has 0 atom stereocenters. The molecule has 6 nitrogen and oxygen atoms in total. The Morgan fingerprint density at radius 2 is 2.06 bits per heavy atom. The van der Waals surface area contributed by atoms with Crippen molar-refractivity contribution in [2.45, 2.75) is 17.8 Å². The third-order valence-electron chi connectivity index (χ3n) is 2.18. The Balaban J connectivity index is 2.13. The van der Waals surface area contributed by atoms with Crippen molar-refractivity contribution in [3.8, 4) is 0 Å². The van der Waals surface area contributed by atoms with Crippen LogP contribution in [0.2, 0.25) is 0 Å². The number of aromatic nitrogens is 6. The Morgan fingerprint density at radius 1 is 1.31 bits per heavy atom. The van der Waals surface area contributed by atoms with Crippen molar-refractivity contribution in [3.63, 3.8) is 0 Å². The van der Waals surface area contributed by atoms with Crippen LogP contribution in [0.15, 0.2) is 9.63 Å². The molecular formula is C8H11BrN6S. The van der Waals surface area contributed by atoms with E-state index in [0.29, 0.717) is 0 Å². The van der Waals surface area contributed by atoms with Crippen molar-refractivity contribution >= 4 is 27.7 Å². The lowest BCUT2D eigenvalue weighted by atomic mass is 10.4. The summed E-state index contributed by atoms with van der Waals surface area (Å²) in [5.41, 5.74) is 2.12. The van der Waals surface area contributed by atoms with Crippen LogP contribution in [-0.4, -0.2) is 30.0 Å². The van der Waals surface area contributed by atoms with Crippen LogP contribution < -0.4 is 0 Å². The van der Waals surface area contributed by atoms with Gasteiger partial charge in [-0.25, -0.2) is 4.68 Å². The van der Waals surface area contributed by atoms with E-state index in [1.54, 1.807) is 16.4 Å². The molecule has 0 amide bonds. The highest BCUT2D eigenvalue weighted by atomic mass is 79.9. The molecule has 16 heavy (non-hydrogen) atoms. The zero-order valence-electron chi connectivity index (χ0n) is 9.18. The average molecular weight is 303 g/mol. The number of hydrogen-bond donors (Lipinski definition) is 0. The minimum absolute atomic E-state index is 0.784. The summed E-state index contributed by atoms with van der Waals surface area (Å²) in [6, 6.07) is 0. The summed E-state index contributed by atoms with van der Waals surface area (Å²) in [5.74, 6) is 0.784. The van der Waals surface area contributed by atoms with Gasteiger partial charge in [0.2, 0.25) is 5.16 Å². The van der Waals surface area contributed by atoms with E-state index in [0.717, 1.165) is 26.8 Å². The zero-order valence-corrected chi connectivity index (χ0v) is 11.6. The number of halogens is 1. The highest BCUT2D eigenvalue weighted by Crippen LogP contribution is 2.26. The second-order valence-corrected chi connectivity index (χ2v) is 5.08. The Bertz CT molecular complexity index is 505. The quantitative estimate of drug-likeness (QED) is 0.800. The molecule has 2 heterocycles. The Hall–Kier alpha value is -0.890. The van der Waals surface area contributed by atoms with E-state index in [4.69, 9.17) is 0 Å². The van der Waals surface area contributed by atoms with Crippen LogP contribution in [0.25, 0.3) is 0 Å². The van der Waals surface area contributed by atoms with Gasteiger partial charge in [0.15, 0.2) is 0 Å². The van der Waals surface area contributed by atoms with Gasteiger partial charge in [0.05, 0.1) is 15.9 Å². The molecule has 8 heteroatoms. The third-order valence-corrected chi connectivity index (χ3v) is 4.23. The number of hydrogen-bond acceptors (Lipinski definition) is 5. The first kappa shape index (κ1) is 11.6. The summed E-state index contributed by atoms with van der Waals surface area (Å²) in [4.78, 5) is 0. The van der Waals surface area contributed by atoms with Crippen molar-refractivity contribution in [2.75, 3.05) is 0 Å². The van der Waals surface area contributed by atoms with Crippen LogP contribution in [0, 0.1) is 6.92 Å². The van der Waals surface area contributed by atoms with Crippen LogP contribution in [-0.2, 0) is 19.8 Å². The molecule has 86 valence electrons. The van der Waals surface area contributed by atoms with E-state index in [1.165, 1.54) is 0 Å². The maximum atomic E-state index is 4.33. The SMILES string of the molecule is Cc1nn(C)c(CSc2nnnn2C)c1Br. The van der Waals surface area contributed by atoms with Gasteiger partial charge in [-0.3, -0.25) is 4.68 Å². The lowest BCUT2D eigenvalue weighted by Crippen LogP contribution is -1.98. The normalized spacial score (nSPS) is 11.0. The summed E-state index contributed by atoms with van der Waals surface area (Å²) in [6.07, 6.45) is 0. The molecule has 0 unspecified atom stereocenters. The minimum Gasteiger partial charge on any atom is -0.270 e. The zero-order chi connectivity index (χ0) is 11.7. The van der Waals surface area contributed by atoms with Gasteiger partial charge in [-0.2, -0.15) is 5.10 Å². The Kier molecular flexibility index (Phi) is 3.29. The van der Waals surface area contributed by atoms with Crippen molar-refractivity contribution in [1.82, 2.24) is 30.0 Å². The fraction of sp³-hybridized carbons (Fsp3) is 0.500. The van der Waals surface area contributed by atoms with Crippen molar-refractivity contribution in [2.24, 2.45) is 14.1 Å². The van der Waals surface area contributed by atoms with Gasteiger partial charge < -0.3 is 0 Å². The fourth-order valence-electron chi connectivity index (χ4n) is 1.31. The van der Waals surface area contributed by atoms with Gasteiger partial charge in [0.25, 0.3) is 0 Å². The number of aryl methyl sites for hydroxylation is 3. The second kappa shape index (κ2) is 4.54. The standard InChI is InChI=1S/C8H11BrN6S/c1-5-7(9)6(14(2)11-5)4-16-8-10-12-13-15(8)3/h4H2,1-3H3. The van der Waals surface area contributed by atoms with Crippen LogP contribution in [0.1, 0.15) is 11.4 Å². The van der Waals surface area contributed by atoms with E-state index in [1.807, 2.05) is 25.7 Å². The van der Waals surface area contributed by atoms with Gasteiger partial charge in [-0.1, -0.05) is 11.8 Å². The van der Waals surface area contributed by atoms with Gasteiger partial charge in [0.1, 0.15) is 0 Å². The Labute approximate surface area is 106 Å². The highest BCUT2D eigenvalue weighted by Gasteiger charge is 2.12. The molecular weight excluding hydrogens is 292 g/mol. The third kappa shape index (κ3) is 2.12. The van der Waals surface area contributed by atoms with Crippen LogP contribution in [0.4, 0.5) is 0 Å². The number of rotatable bonds is 3. The number of nitrogens with zero attached hydrogens (tertiary/aromatic N) is 6. The number of thioether (sulfide) groups is 1. The van der Waals surface area contributed by atoms with Crippen LogP contribution in [0.3, 0.4) is 0 Å². The van der Waals surface area contributed by atoms with E-state index in [9.17, 15) is 0 Å². The molecule has 0 saturated carbocycles. The molecule has 2 aromatic heterocycles. The molecule has 0 saturated heterocycles.